The number of fused-ring (bicyclic) bond motifs is 1. The Labute approximate surface area is 273 Å². The van der Waals surface area contributed by atoms with Gasteiger partial charge in [-0.25, -0.2) is 4.98 Å². The quantitative estimate of drug-likeness (QED) is 0.151. The van der Waals surface area contributed by atoms with Crippen molar-refractivity contribution in [1.82, 2.24) is 19.4 Å². The Kier molecular flexibility index (Phi) is 10.1. The summed E-state index contributed by atoms with van der Waals surface area (Å²) >= 11 is 6.78. The lowest BCUT2D eigenvalue weighted by molar-refractivity contribution is -0.114. The van der Waals surface area contributed by atoms with E-state index in [2.05, 4.69) is 15.3 Å². The van der Waals surface area contributed by atoms with E-state index < -0.39 is 6.04 Å². The molecule has 5 rings (SSSR count). The molecule has 0 bridgehead atoms. The van der Waals surface area contributed by atoms with Gasteiger partial charge in [-0.2, -0.15) is 0 Å². The third kappa shape index (κ3) is 7.28. The number of pyridine rings is 3. The van der Waals surface area contributed by atoms with Gasteiger partial charge in [-0.05, 0) is 62.5 Å². The molecule has 9 nitrogen and oxygen atoms in total. The van der Waals surface area contributed by atoms with E-state index >= 15 is 0 Å². The molecule has 10 heteroatoms. The molecular weight excluding hydrogens is 602 g/mol. The molecule has 0 saturated heterocycles. The van der Waals surface area contributed by atoms with Crippen LogP contribution in [-0.4, -0.2) is 60.1 Å². The Morgan fingerprint density at radius 1 is 1.04 bits per heavy atom. The number of aromatic nitrogens is 3. The minimum absolute atomic E-state index is 0.00998. The first-order chi connectivity index (χ1) is 22.2. The molecular formula is C36H36ClN5O4. The maximum Gasteiger partial charge on any atom is 0.259 e. The molecule has 0 radical (unpaired) electrons. The largest absolute Gasteiger partial charge is 0.497 e. The first-order valence-electron chi connectivity index (χ1n) is 14.8. The van der Waals surface area contributed by atoms with Crippen LogP contribution in [0.5, 0.6) is 11.5 Å². The number of anilines is 2. The molecule has 3 aromatic heterocycles. The van der Waals surface area contributed by atoms with Crippen LogP contribution in [0.15, 0.2) is 96.2 Å². The summed E-state index contributed by atoms with van der Waals surface area (Å²) in [5, 5.41) is 4.32. The predicted octanol–water partition coefficient (Wildman–Crippen LogP) is 6.71. The van der Waals surface area contributed by atoms with Crippen molar-refractivity contribution >= 4 is 39.8 Å². The molecule has 1 N–H and O–H groups in total. The predicted molar refractivity (Wildman–Crippen MR) is 184 cm³/mol. The van der Waals surface area contributed by atoms with Crippen molar-refractivity contribution in [1.29, 1.82) is 0 Å². The van der Waals surface area contributed by atoms with Crippen LogP contribution in [0, 0.1) is 0 Å². The van der Waals surface area contributed by atoms with Crippen molar-refractivity contribution < 1.29 is 14.3 Å². The second kappa shape index (κ2) is 14.4. The molecule has 0 amide bonds. The van der Waals surface area contributed by atoms with E-state index in [-0.39, 0.29) is 17.8 Å². The van der Waals surface area contributed by atoms with E-state index in [1.807, 2.05) is 74.5 Å². The maximum atomic E-state index is 14.6. The first kappa shape index (κ1) is 32.4. The van der Waals surface area contributed by atoms with Crippen molar-refractivity contribution in [3.63, 3.8) is 0 Å². The number of carbonyl (C=O) groups is 1. The molecule has 2 aromatic carbocycles. The summed E-state index contributed by atoms with van der Waals surface area (Å²) in [6.45, 7) is 2.65. The average Bonchev–Trinajstić information content (AvgIpc) is 3.05. The van der Waals surface area contributed by atoms with Crippen LogP contribution in [0.25, 0.3) is 22.0 Å². The highest BCUT2D eigenvalue weighted by Gasteiger charge is 2.22. The lowest BCUT2D eigenvalue weighted by Crippen LogP contribution is -2.26. The SMILES string of the molecule is COc1cc(OC)c(Cl)c(-c2cc3cnc(Nc4ccncc4)cc3n(C(C)c3cccc(CC(=O)/C=C/CN(C)C)c3)c2=O)c1. The highest BCUT2D eigenvalue weighted by molar-refractivity contribution is 6.35. The number of ether oxygens (including phenoxy) is 2. The van der Waals surface area contributed by atoms with Crippen molar-refractivity contribution in [3.8, 4) is 22.6 Å². The number of allylic oxidation sites excluding steroid dienone is 1. The monoisotopic (exact) mass is 637 g/mol. The number of halogens is 1. The second-order valence-electron chi connectivity index (χ2n) is 11.1. The fourth-order valence-corrected chi connectivity index (χ4v) is 5.55. The molecule has 5 aromatic rings. The van der Waals surface area contributed by atoms with Gasteiger partial charge in [0, 0.05) is 65.9 Å². The van der Waals surface area contributed by atoms with Gasteiger partial charge in [0.05, 0.1) is 30.8 Å². The molecule has 1 unspecified atom stereocenters. The Hall–Kier alpha value is -4.99. The summed E-state index contributed by atoms with van der Waals surface area (Å²) in [4.78, 5) is 38.0. The summed E-state index contributed by atoms with van der Waals surface area (Å²) in [6, 6.07) is 18.1. The standard InChI is InChI=1S/C36H36ClN5O4/c1-23(25-9-6-8-24(16-25)17-28(43)10-7-15-41(2)3)42-32-21-34(40-27-11-13-38-14-12-27)39-22-26(32)18-31(36(42)44)30-19-29(45-4)20-33(46-5)35(30)37/h6-14,16,18-23H,15,17H2,1-5H3,(H,38,39,40)/b10-7+. The number of rotatable bonds is 12. The number of benzene rings is 2. The van der Waals surface area contributed by atoms with E-state index in [1.54, 1.807) is 54.5 Å². The zero-order valence-corrected chi connectivity index (χ0v) is 27.2. The molecule has 0 saturated carbocycles. The third-order valence-electron chi connectivity index (χ3n) is 7.61. The van der Waals surface area contributed by atoms with Crippen molar-refractivity contribution in [2.75, 3.05) is 40.2 Å². The Balaban J connectivity index is 1.65. The van der Waals surface area contributed by atoms with Gasteiger partial charge in [0.25, 0.3) is 5.56 Å². The summed E-state index contributed by atoms with van der Waals surface area (Å²) in [7, 11) is 6.97. The number of likely N-dealkylation sites (N-methyl/N-ethyl adjacent to an activating group) is 1. The van der Waals surface area contributed by atoms with Crippen molar-refractivity contribution in [2.45, 2.75) is 19.4 Å². The second-order valence-corrected chi connectivity index (χ2v) is 11.5. The lowest BCUT2D eigenvalue weighted by atomic mass is 9.99. The number of nitrogens with zero attached hydrogens (tertiary/aromatic N) is 4. The maximum absolute atomic E-state index is 14.6. The smallest absolute Gasteiger partial charge is 0.259 e. The van der Waals surface area contributed by atoms with E-state index in [0.29, 0.717) is 45.5 Å². The van der Waals surface area contributed by atoms with Gasteiger partial charge in [-0.1, -0.05) is 41.9 Å². The lowest BCUT2D eigenvalue weighted by Gasteiger charge is -2.22. The molecule has 0 aliphatic heterocycles. The highest BCUT2D eigenvalue weighted by Crippen LogP contribution is 2.39. The molecule has 46 heavy (non-hydrogen) atoms. The summed E-state index contributed by atoms with van der Waals surface area (Å²) in [6.07, 6.45) is 8.84. The number of methoxy groups -OCH3 is 2. The van der Waals surface area contributed by atoms with Gasteiger partial charge in [-0.3, -0.25) is 14.6 Å². The van der Waals surface area contributed by atoms with Crippen LogP contribution >= 0.6 is 11.6 Å². The topological polar surface area (TPSA) is 98.6 Å². The van der Waals surface area contributed by atoms with Crippen LogP contribution in [-0.2, 0) is 11.2 Å². The van der Waals surface area contributed by atoms with Gasteiger partial charge in [0.15, 0.2) is 5.78 Å². The summed E-state index contributed by atoms with van der Waals surface area (Å²) in [5.41, 5.74) is 3.81. The number of hydrogen-bond acceptors (Lipinski definition) is 8. The van der Waals surface area contributed by atoms with Crippen LogP contribution in [0.2, 0.25) is 5.02 Å². The molecule has 0 aliphatic rings. The zero-order valence-electron chi connectivity index (χ0n) is 26.5. The molecule has 1 atom stereocenters. The number of hydrogen-bond donors (Lipinski definition) is 1. The van der Waals surface area contributed by atoms with Crippen molar-refractivity contribution in [2.24, 2.45) is 0 Å². The van der Waals surface area contributed by atoms with E-state index in [9.17, 15) is 9.59 Å². The molecule has 236 valence electrons. The first-order valence-corrected chi connectivity index (χ1v) is 15.1. The summed E-state index contributed by atoms with van der Waals surface area (Å²) < 4.78 is 12.7. The highest BCUT2D eigenvalue weighted by atomic mass is 35.5. The Morgan fingerprint density at radius 2 is 1.83 bits per heavy atom. The minimum Gasteiger partial charge on any atom is -0.497 e. The number of ketones is 1. The normalized spacial score (nSPS) is 12.1. The van der Waals surface area contributed by atoms with Crippen LogP contribution < -0.4 is 20.3 Å². The molecule has 0 fully saturated rings. The van der Waals surface area contributed by atoms with Gasteiger partial charge in [0.1, 0.15) is 17.3 Å². The van der Waals surface area contributed by atoms with Crippen LogP contribution in [0.1, 0.15) is 24.1 Å². The summed E-state index contributed by atoms with van der Waals surface area (Å²) in [5.74, 6) is 1.47. The zero-order chi connectivity index (χ0) is 32.8. The van der Waals surface area contributed by atoms with Gasteiger partial charge >= 0.3 is 0 Å². The van der Waals surface area contributed by atoms with E-state index in [4.69, 9.17) is 21.1 Å². The van der Waals surface area contributed by atoms with Gasteiger partial charge < -0.3 is 24.3 Å². The molecule has 0 spiro atoms. The average molecular weight is 638 g/mol. The van der Waals surface area contributed by atoms with Gasteiger partial charge in [-0.15, -0.1) is 0 Å². The minimum atomic E-state index is -0.420. The van der Waals surface area contributed by atoms with E-state index in [1.165, 1.54) is 7.11 Å². The fourth-order valence-electron chi connectivity index (χ4n) is 5.26. The van der Waals surface area contributed by atoms with Gasteiger partial charge in [0.2, 0.25) is 0 Å². The number of carbonyl (C=O) groups excluding carboxylic acids is 1. The van der Waals surface area contributed by atoms with Crippen LogP contribution in [0.3, 0.4) is 0 Å². The fraction of sp³-hybridized carbons (Fsp3) is 0.222. The third-order valence-corrected chi connectivity index (χ3v) is 8.00. The Morgan fingerprint density at radius 3 is 2.54 bits per heavy atom. The number of nitrogens with one attached hydrogen (secondary N) is 1. The van der Waals surface area contributed by atoms with Crippen LogP contribution in [0.4, 0.5) is 11.5 Å². The van der Waals surface area contributed by atoms with Crippen molar-refractivity contribution in [3.05, 3.63) is 118 Å². The molecule has 3 heterocycles. The Bertz CT molecular complexity index is 1960. The van der Waals surface area contributed by atoms with E-state index in [0.717, 1.165) is 22.2 Å². The molecule has 0 aliphatic carbocycles.